The second-order valence-corrected chi connectivity index (χ2v) is 7.20. The van der Waals surface area contributed by atoms with Crippen LogP contribution in [0, 0.1) is 0 Å². The number of carbonyl (C=O) groups is 1. The molecule has 2 heterocycles. The van der Waals surface area contributed by atoms with Gasteiger partial charge in [0.25, 0.3) is 0 Å². The zero-order chi connectivity index (χ0) is 19.0. The average molecular weight is 387 g/mol. The molecule has 12 heteroatoms. The molecule has 0 spiro atoms. The Bertz CT molecular complexity index is 782. The number of imidazole rings is 1. The third-order valence-electron chi connectivity index (χ3n) is 3.37. The SMILES string of the molecule is CCCCOC(=O)Nc1ncnc2c1ncn2CCOCP(=O)(O)OC. The van der Waals surface area contributed by atoms with Crippen LogP contribution in [0.4, 0.5) is 10.6 Å². The first kappa shape index (κ1) is 20.2. The molecule has 0 radical (unpaired) electrons. The maximum absolute atomic E-state index is 11.8. The van der Waals surface area contributed by atoms with Crippen molar-refractivity contribution in [2.45, 2.75) is 26.3 Å². The normalized spacial score (nSPS) is 13.5. The highest BCUT2D eigenvalue weighted by Crippen LogP contribution is 2.40. The average Bonchev–Trinajstić information content (AvgIpc) is 3.03. The molecule has 11 nitrogen and oxygen atoms in total. The summed E-state index contributed by atoms with van der Waals surface area (Å²) >= 11 is 0. The van der Waals surface area contributed by atoms with E-state index in [9.17, 15) is 14.3 Å². The van der Waals surface area contributed by atoms with Crippen LogP contribution in [0.2, 0.25) is 0 Å². The molecule has 0 aliphatic heterocycles. The molecule has 1 amide bonds. The zero-order valence-electron chi connectivity index (χ0n) is 14.6. The molecule has 0 aliphatic rings. The molecule has 0 aromatic carbocycles. The molecule has 144 valence electrons. The lowest BCUT2D eigenvalue weighted by atomic mass is 10.4. The van der Waals surface area contributed by atoms with Crippen LogP contribution in [0.3, 0.4) is 0 Å². The molecule has 0 aliphatic carbocycles. The van der Waals surface area contributed by atoms with Crippen molar-refractivity contribution in [3.8, 4) is 0 Å². The fourth-order valence-corrected chi connectivity index (χ4v) is 2.44. The molecule has 1 unspecified atom stereocenters. The first-order chi connectivity index (χ1) is 12.5. The van der Waals surface area contributed by atoms with Gasteiger partial charge in [0.15, 0.2) is 17.0 Å². The lowest BCUT2D eigenvalue weighted by molar-refractivity contribution is 0.144. The van der Waals surface area contributed by atoms with Crippen LogP contribution in [0.5, 0.6) is 0 Å². The van der Waals surface area contributed by atoms with E-state index in [2.05, 4.69) is 24.8 Å². The third-order valence-corrected chi connectivity index (χ3v) is 4.45. The second-order valence-electron chi connectivity index (χ2n) is 5.30. The summed E-state index contributed by atoms with van der Waals surface area (Å²) in [5.74, 6) is 0.246. The number of nitrogens with zero attached hydrogens (tertiary/aromatic N) is 4. The van der Waals surface area contributed by atoms with Gasteiger partial charge in [-0.15, -0.1) is 0 Å². The number of carbonyl (C=O) groups excluding carboxylic acids is 1. The van der Waals surface area contributed by atoms with Crippen LogP contribution in [-0.4, -0.2) is 57.2 Å². The molecule has 0 fully saturated rings. The van der Waals surface area contributed by atoms with Gasteiger partial charge >= 0.3 is 13.7 Å². The van der Waals surface area contributed by atoms with E-state index in [1.54, 1.807) is 4.57 Å². The van der Waals surface area contributed by atoms with Gasteiger partial charge in [-0.25, -0.2) is 19.7 Å². The van der Waals surface area contributed by atoms with Gasteiger partial charge in [0.05, 0.1) is 19.5 Å². The van der Waals surface area contributed by atoms with Gasteiger partial charge in [-0.2, -0.15) is 0 Å². The van der Waals surface area contributed by atoms with Gasteiger partial charge in [0, 0.05) is 13.7 Å². The van der Waals surface area contributed by atoms with Crippen molar-refractivity contribution in [2.24, 2.45) is 0 Å². The molecule has 1 atom stereocenters. The molecule has 2 N–H and O–H groups in total. The number of aromatic nitrogens is 4. The Kier molecular flexibility index (Phi) is 7.46. The fourth-order valence-electron chi connectivity index (χ4n) is 1.97. The number of unbranched alkanes of at least 4 members (excludes halogenated alkanes) is 1. The maximum atomic E-state index is 11.8. The first-order valence-corrected chi connectivity index (χ1v) is 9.78. The van der Waals surface area contributed by atoms with Crippen molar-refractivity contribution in [3.63, 3.8) is 0 Å². The fraction of sp³-hybridized carbons (Fsp3) is 0.571. The van der Waals surface area contributed by atoms with E-state index in [1.165, 1.54) is 12.7 Å². The monoisotopic (exact) mass is 387 g/mol. The number of anilines is 1. The van der Waals surface area contributed by atoms with Crippen molar-refractivity contribution in [1.82, 2.24) is 19.5 Å². The number of hydrogen-bond donors (Lipinski definition) is 2. The summed E-state index contributed by atoms with van der Waals surface area (Å²) in [5.41, 5.74) is 0.899. The molecule has 2 aromatic rings. The quantitative estimate of drug-likeness (QED) is 0.463. The first-order valence-electron chi connectivity index (χ1n) is 8.01. The molecule has 0 saturated heterocycles. The largest absolute Gasteiger partial charge is 0.449 e. The number of ether oxygens (including phenoxy) is 2. The summed E-state index contributed by atoms with van der Waals surface area (Å²) in [7, 11) is -2.55. The van der Waals surface area contributed by atoms with Crippen LogP contribution < -0.4 is 5.32 Å². The van der Waals surface area contributed by atoms with E-state index in [0.717, 1.165) is 20.0 Å². The van der Waals surface area contributed by atoms with E-state index in [1.807, 2.05) is 6.92 Å². The summed E-state index contributed by atoms with van der Waals surface area (Å²) in [6, 6.07) is 0. The lowest BCUT2D eigenvalue weighted by Crippen LogP contribution is -2.15. The maximum Gasteiger partial charge on any atom is 0.412 e. The summed E-state index contributed by atoms with van der Waals surface area (Å²) in [5, 5.41) is 2.55. The van der Waals surface area contributed by atoms with Crippen LogP contribution in [0.1, 0.15) is 19.8 Å². The van der Waals surface area contributed by atoms with E-state index in [4.69, 9.17) is 9.47 Å². The number of amides is 1. The Labute approximate surface area is 150 Å². The number of nitrogens with one attached hydrogen (secondary N) is 1. The van der Waals surface area contributed by atoms with Crippen LogP contribution >= 0.6 is 7.60 Å². The molecule has 2 aromatic heterocycles. The Hall–Kier alpha value is -2.07. The van der Waals surface area contributed by atoms with Crippen molar-refractivity contribution >= 4 is 30.7 Å². The zero-order valence-corrected chi connectivity index (χ0v) is 15.5. The van der Waals surface area contributed by atoms with Gasteiger partial charge < -0.3 is 23.5 Å². The molecular weight excluding hydrogens is 365 g/mol. The van der Waals surface area contributed by atoms with E-state index in [0.29, 0.717) is 24.3 Å². The summed E-state index contributed by atoms with van der Waals surface area (Å²) < 4.78 is 27.6. The predicted molar refractivity (Wildman–Crippen MR) is 92.9 cm³/mol. The number of rotatable bonds is 10. The molecule has 26 heavy (non-hydrogen) atoms. The standard InChI is InChI=1S/C14H22N5O6P/c1-3-4-6-25-14(20)18-12-11-13(16-8-15-12)19(9-17-11)5-7-24-10-26(21,22)23-2/h8-9H,3-7,10H2,1-2H3,(H,21,22)(H,15,16,18,20). The van der Waals surface area contributed by atoms with E-state index in [-0.39, 0.29) is 12.4 Å². The predicted octanol–water partition coefficient (Wildman–Crippen LogP) is 1.98. The van der Waals surface area contributed by atoms with Crippen molar-refractivity contribution in [3.05, 3.63) is 12.7 Å². The lowest BCUT2D eigenvalue weighted by Gasteiger charge is -2.10. The highest BCUT2D eigenvalue weighted by Gasteiger charge is 2.17. The molecule has 0 bridgehead atoms. The Balaban J connectivity index is 1.97. The van der Waals surface area contributed by atoms with Crippen molar-refractivity contribution < 1.29 is 28.3 Å². The highest BCUT2D eigenvalue weighted by atomic mass is 31.2. The van der Waals surface area contributed by atoms with Gasteiger partial charge in [-0.05, 0) is 6.42 Å². The number of fused-ring (bicyclic) bond motifs is 1. The van der Waals surface area contributed by atoms with Crippen LogP contribution in [0.25, 0.3) is 11.2 Å². The Morgan fingerprint density at radius 3 is 2.88 bits per heavy atom. The Morgan fingerprint density at radius 2 is 2.15 bits per heavy atom. The van der Waals surface area contributed by atoms with E-state index < -0.39 is 20.0 Å². The topological polar surface area (TPSA) is 138 Å². The minimum Gasteiger partial charge on any atom is -0.449 e. The summed E-state index contributed by atoms with van der Waals surface area (Å²) in [6.07, 6.45) is 3.52. The second kappa shape index (κ2) is 9.58. The van der Waals surface area contributed by atoms with Crippen molar-refractivity contribution in [1.29, 1.82) is 0 Å². The summed E-state index contributed by atoms with van der Waals surface area (Å²) in [6.45, 7) is 2.83. The minimum absolute atomic E-state index is 0.158. The Morgan fingerprint density at radius 1 is 1.35 bits per heavy atom. The van der Waals surface area contributed by atoms with E-state index >= 15 is 0 Å². The third kappa shape index (κ3) is 5.73. The smallest absolute Gasteiger partial charge is 0.412 e. The molecular formula is C14H22N5O6P. The summed E-state index contributed by atoms with van der Waals surface area (Å²) in [4.78, 5) is 33.4. The number of hydrogen-bond acceptors (Lipinski definition) is 8. The minimum atomic E-state index is -3.70. The van der Waals surface area contributed by atoms with Gasteiger partial charge in [0.1, 0.15) is 12.7 Å². The van der Waals surface area contributed by atoms with Crippen LogP contribution in [0.15, 0.2) is 12.7 Å². The molecule has 2 rings (SSSR count). The van der Waals surface area contributed by atoms with Gasteiger partial charge in [-0.3, -0.25) is 9.88 Å². The van der Waals surface area contributed by atoms with Crippen LogP contribution in [-0.2, 0) is 25.1 Å². The molecule has 0 saturated carbocycles. The highest BCUT2D eigenvalue weighted by molar-refractivity contribution is 7.52. The van der Waals surface area contributed by atoms with Gasteiger partial charge in [-0.1, -0.05) is 13.3 Å². The van der Waals surface area contributed by atoms with Crippen molar-refractivity contribution in [2.75, 3.05) is 32.0 Å². The van der Waals surface area contributed by atoms with Gasteiger partial charge in [0.2, 0.25) is 0 Å².